The lowest BCUT2D eigenvalue weighted by Crippen LogP contribution is -2.49. The number of amides is 1. The van der Waals surface area contributed by atoms with Crippen molar-refractivity contribution in [2.24, 2.45) is 0 Å². The molecule has 0 aliphatic carbocycles. The molecular formula is C15H19N3O5S. The second-order valence-electron chi connectivity index (χ2n) is 5.54. The number of thiol groups is 1. The lowest BCUT2D eigenvalue weighted by molar-refractivity contribution is -0.384. The minimum atomic E-state index is -0.531. The molecule has 1 fully saturated rings. The zero-order valence-electron chi connectivity index (χ0n) is 13.1. The summed E-state index contributed by atoms with van der Waals surface area (Å²) in [6.45, 7) is 0.404. The number of carbonyl (C=O) groups excluding carboxylic acids is 2. The second-order valence-corrected chi connectivity index (χ2v) is 6.27. The van der Waals surface area contributed by atoms with Crippen LogP contribution in [0.3, 0.4) is 0 Å². The predicted molar refractivity (Wildman–Crippen MR) is 90.1 cm³/mol. The molecule has 8 nitrogen and oxygen atoms in total. The normalized spacial score (nSPS) is 21.3. The predicted octanol–water partition coefficient (Wildman–Crippen LogP) is 1.39. The molecule has 130 valence electrons. The average Bonchev–Trinajstić information content (AvgIpc) is 2.96. The van der Waals surface area contributed by atoms with E-state index in [4.69, 9.17) is 4.74 Å². The summed E-state index contributed by atoms with van der Waals surface area (Å²) in [7, 11) is 1.66. The van der Waals surface area contributed by atoms with Crippen molar-refractivity contribution >= 4 is 30.7 Å². The van der Waals surface area contributed by atoms with Crippen LogP contribution in [0.2, 0.25) is 0 Å². The van der Waals surface area contributed by atoms with E-state index in [2.05, 4.69) is 17.9 Å². The van der Waals surface area contributed by atoms with Crippen LogP contribution in [-0.2, 0) is 16.1 Å². The molecule has 0 saturated carbocycles. The molecule has 2 rings (SSSR count). The van der Waals surface area contributed by atoms with Gasteiger partial charge in [-0.2, -0.15) is 12.6 Å². The van der Waals surface area contributed by atoms with Crippen molar-refractivity contribution in [3.63, 3.8) is 0 Å². The number of rotatable bonds is 6. The van der Waals surface area contributed by atoms with Crippen LogP contribution < -0.4 is 5.32 Å². The van der Waals surface area contributed by atoms with Gasteiger partial charge >= 0.3 is 6.09 Å². The van der Waals surface area contributed by atoms with Crippen LogP contribution in [0.1, 0.15) is 12.0 Å². The van der Waals surface area contributed by atoms with Crippen molar-refractivity contribution in [2.75, 3.05) is 13.6 Å². The summed E-state index contributed by atoms with van der Waals surface area (Å²) in [6.07, 6.45) is 0.838. The van der Waals surface area contributed by atoms with Gasteiger partial charge in [-0.15, -0.1) is 0 Å². The van der Waals surface area contributed by atoms with E-state index in [1.807, 2.05) is 0 Å². The molecule has 0 bridgehead atoms. The second kappa shape index (κ2) is 8.11. The Morgan fingerprint density at radius 1 is 1.54 bits per heavy atom. The van der Waals surface area contributed by atoms with Crippen LogP contribution in [0.4, 0.5) is 10.5 Å². The Morgan fingerprint density at radius 3 is 2.75 bits per heavy atom. The number of nitro groups is 1. The topological polar surface area (TPSA) is 102 Å². The molecule has 0 spiro atoms. The fourth-order valence-electron chi connectivity index (χ4n) is 2.69. The van der Waals surface area contributed by atoms with Gasteiger partial charge in [-0.25, -0.2) is 4.79 Å². The fourth-order valence-corrected chi connectivity index (χ4v) is 3.08. The van der Waals surface area contributed by atoms with Crippen LogP contribution in [0.5, 0.6) is 0 Å². The molecule has 1 aromatic rings. The maximum Gasteiger partial charge on any atom is 0.410 e. The first-order chi connectivity index (χ1) is 11.5. The van der Waals surface area contributed by atoms with Gasteiger partial charge in [0.1, 0.15) is 12.9 Å². The Balaban J connectivity index is 1.97. The van der Waals surface area contributed by atoms with Crippen molar-refractivity contribution in [2.45, 2.75) is 30.4 Å². The van der Waals surface area contributed by atoms with E-state index in [9.17, 15) is 19.7 Å². The van der Waals surface area contributed by atoms with Crippen molar-refractivity contribution in [1.29, 1.82) is 0 Å². The number of hydrogen-bond acceptors (Lipinski definition) is 7. The first kappa shape index (κ1) is 18.2. The van der Waals surface area contributed by atoms with E-state index in [1.54, 1.807) is 7.05 Å². The van der Waals surface area contributed by atoms with E-state index < -0.39 is 17.1 Å². The van der Waals surface area contributed by atoms with E-state index in [0.717, 1.165) is 6.29 Å². The number of benzene rings is 1. The Bertz CT molecular complexity index is 610. The fraction of sp³-hybridized carbons (Fsp3) is 0.467. The summed E-state index contributed by atoms with van der Waals surface area (Å²) in [5, 5.41) is 13.5. The number of nitrogens with one attached hydrogen (secondary N) is 1. The Hall–Kier alpha value is -2.13. The number of hydrogen-bond donors (Lipinski definition) is 2. The summed E-state index contributed by atoms with van der Waals surface area (Å²) in [4.78, 5) is 35.1. The first-order valence-corrected chi connectivity index (χ1v) is 7.95. The van der Waals surface area contributed by atoms with Crippen LogP contribution in [0, 0.1) is 10.1 Å². The van der Waals surface area contributed by atoms with E-state index in [1.165, 1.54) is 29.2 Å². The number of ether oxygens (including phenoxy) is 1. The number of likely N-dealkylation sites (tertiary alicyclic amines) is 1. The molecular weight excluding hydrogens is 334 g/mol. The molecule has 3 atom stereocenters. The van der Waals surface area contributed by atoms with Gasteiger partial charge in [-0.1, -0.05) is 0 Å². The smallest absolute Gasteiger partial charge is 0.410 e. The highest BCUT2D eigenvalue weighted by Crippen LogP contribution is 2.25. The van der Waals surface area contributed by atoms with Gasteiger partial charge in [0.2, 0.25) is 0 Å². The van der Waals surface area contributed by atoms with Crippen LogP contribution in [0.25, 0.3) is 0 Å². The number of likely N-dealkylation sites (N-methyl/N-ethyl adjacent to an activating group) is 1. The first-order valence-electron chi connectivity index (χ1n) is 7.43. The summed E-state index contributed by atoms with van der Waals surface area (Å²) in [6, 6.07) is 5.00. The largest absolute Gasteiger partial charge is 0.445 e. The highest BCUT2D eigenvalue weighted by atomic mass is 32.1. The summed E-state index contributed by atoms with van der Waals surface area (Å²) in [5.74, 6) is 0. The van der Waals surface area contributed by atoms with E-state index in [0.29, 0.717) is 18.5 Å². The Morgan fingerprint density at radius 2 is 2.21 bits per heavy atom. The lowest BCUT2D eigenvalue weighted by atomic mass is 10.1. The zero-order valence-corrected chi connectivity index (χ0v) is 14.0. The van der Waals surface area contributed by atoms with Gasteiger partial charge in [0.05, 0.1) is 17.0 Å². The molecule has 1 heterocycles. The van der Waals surface area contributed by atoms with E-state index >= 15 is 0 Å². The number of non-ortho nitro benzene ring substituents is 1. The van der Waals surface area contributed by atoms with Gasteiger partial charge in [-0.3, -0.25) is 10.1 Å². The molecule has 9 heteroatoms. The average molecular weight is 353 g/mol. The molecule has 1 aliphatic heterocycles. The van der Waals surface area contributed by atoms with Gasteiger partial charge in [0.25, 0.3) is 5.69 Å². The number of aldehydes is 1. The van der Waals surface area contributed by atoms with Gasteiger partial charge in [0, 0.05) is 23.9 Å². The van der Waals surface area contributed by atoms with Gasteiger partial charge in [0.15, 0.2) is 0 Å². The van der Waals surface area contributed by atoms with Crippen LogP contribution in [-0.4, -0.2) is 53.1 Å². The molecule has 0 aromatic heterocycles. The van der Waals surface area contributed by atoms with Crippen molar-refractivity contribution in [3.8, 4) is 0 Å². The molecule has 1 unspecified atom stereocenters. The Labute approximate surface area is 144 Å². The third-order valence-corrected chi connectivity index (χ3v) is 4.33. The zero-order chi connectivity index (χ0) is 17.7. The highest BCUT2D eigenvalue weighted by molar-refractivity contribution is 7.81. The quantitative estimate of drug-likeness (QED) is 0.347. The maximum atomic E-state index is 12.3. The molecule has 24 heavy (non-hydrogen) atoms. The standard InChI is InChI=1S/C15H19N3O5S/c1-16-13(8-19)14-6-12(24)7-17(14)15(20)23-9-10-2-4-11(5-3-10)18(21)22/h2-5,8,12-14,16,24H,6-7,9H2,1H3/t12-,13?,14+/m0/s1. The molecule has 1 saturated heterocycles. The third kappa shape index (κ3) is 4.24. The van der Waals surface area contributed by atoms with E-state index in [-0.39, 0.29) is 23.6 Å². The van der Waals surface area contributed by atoms with Crippen molar-refractivity contribution < 1.29 is 19.2 Å². The molecule has 1 aliphatic rings. The highest BCUT2D eigenvalue weighted by Gasteiger charge is 2.38. The molecule has 0 radical (unpaired) electrons. The number of nitrogens with zero attached hydrogens (tertiary/aromatic N) is 2. The summed E-state index contributed by atoms with van der Waals surface area (Å²) < 4.78 is 5.27. The summed E-state index contributed by atoms with van der Waals surface area (Å²) in [5.41, 5.74) is 0.623. The van der Waals surface area contributed by atoms with Crippen LogP contribution in [0.15, 0.2) is 24.3 Å². The SMILES string of the molecule is CNC(C=O)[C@H]1C[C@H](S)CN1C(=O)OCc1ccc([N+](=O)[O-])cc1. The lowest BCUT2D eigenvalue weighted by Gasteiger charge is -2.27. The monoisotopic (exact) mass is 353 g/mol. The molecule has 1 aromatic carbocycles. The van der Waals surface area contributed by atoms with Gasteiger partial charge < -0.3 is 19.7 Å². The minimum absolute atomic E-state index is 0.00257. The van der Waals surface area contributed by atoms with Gasteiger partial charge in [-0.05, 0) is 31.2 Å². The summed E-state index contributed by atoms with van der Waals surface area (Å²) >= 11 is 4.39. The molecule has 1 N–H and O–H groups in total. The molecule has 1 amide bonds. The number of carbonyl (C=O) groups is 2. The maximum absolute atomic E-state index is 12.3. The van der Waals surface area contributed by atoms with Crippen molar-refractivity contribution in [3.05, 3.63) is 39.9 Å². The number of nitro benzene ring substituents is 1. The minimum Gasteiger partial charge on any atom is -0.445 e. The third-order valence-electron chi connectivity index (χ3n) is 3.96. The van der Waals surface area contributed by atoms with Crippen molar-refractivity contribution in [1.82, 2.24) is 10.2 Å². The van der Waals surface area contributed by atoms with Crippen LogP contribution >= 0.6 is 12.6 Å². The Kier molecular flexibility index (Phi) is 6.16.